The lowest BCUT2D eigenvalue weighted by atomic mass is 10.1. The molecule has 0 unspecified atom stereocenters. The topological polar surface area (TPSA) is 72.6 Å². The molecule has 21 heavy (non-hydrogen) atoms. The molecule has 1 aliphatic rings. The predicted octanol–water partition coefficient (Wildman–Crippen LogP) is 1.68. The van der Waals surface area contributed by atoms with E-state index in [4.69, 9.17) is 10.5 Å². The van der Waals surface area contributed by atoms with Gasteiger partial charge in [0.25, 0.3) is 0 Å². The number of halogens is 1. The number of hydrogen-bond acceptors (Lipinski definition) is 4. The number of nitrogen functional groups attached to an aromatic ring is 1. The summed E-state index contributed by atoms with van der Waals surface area (Å²) in [5.41, 5.74) is 7.15. The van der Waals surface area contributed by atoms with E-state index in [1.165, 1.54) is 23.4 Å². The maximum atomic E-state index is 14.1. The van der Waals surface area contributed by atoms with E-state index in [0.29, 0.717) is 19.6 Å². The summed E-state index contributed by atoms with van der Waals surface area (Å²) in [6.45, 7) is 2.51. The van der Waals surface area contributed by atoms with Crippen LogP contribution in [0.15, 0.2) is 28.7 Å². The first-order chi connectivity index (χ1) is 9.86. The van der Waals surface area contributed by atoms with Crippen LogP contribution in [0.25, 0.3) is 0 Å². The molecule has 0 bridgehead atoms. The third-order valence-corrected chi connectivity index (χ3v) is 5.32. The van der Waals surface area contributed by atoms with Crippen LogP contribution in [0.4, 0.5) is 10.1 Å². The normalized spacial score (nSPS) is 16.8. The monoisotopic (exact) mass is 314 g/mol. The minimum atomic E-state index is -3.88. The van der Waals surface area contributed by atoms with Gasteiger partial charge in [0, 0.05) is 25.9 Å². The standard InChI is InChI=1S/C14H19FN2O3S/c1-10-7-12(16)8-13(14(10)15)21(18,19)17-5-3-11(4-6-17)9-20-2/h3,7-8H,4-6,9,16H2,1-2H3. The highest BCUT2D eigenvalue weighted by molar-refractivity contribution is 7.89. The molecular formula is C14H19FN2O3S. The zero-order valence-corrected chi connectivity index (χ0v) is 12.9. The number of anilines is 1. The second kappa shape index (κ2) is 6.13. The van der Waals surface area contributed by atoms with Crippen LogP contribution in [0.2, 0.25) is 0 Å². The molecule has 0 saturated heterocycles. The van der Waals surface area contributed by atoms with E-state index in [1.807, 2.05) is 6.08 Å². The second-order valence-electron chi connectivity index (χ2n) is 5.06. The van der Waals surface area contributed by atoms with Gasteiger partial charge in [0.1, 0.15) is 10.7 Å². The molecule has 0 saturated carbocycles. The van der Waals surface area contributed by atoms with Gasteiger partial charge in [0.2, 0.25) is 10.0 Å². The van der Waals surface area contributed by atoms with Crippen LogP contribution in [0, 0.1) is 12.7 Å². The van der Waals surface area contributed by atoms with Crippen molar-refractivity contribution in [2.45, 2.75) is 18.2 Å². The van der Waals surface area contributed by atoms with E-state index in [2.05, 4.69) is 0 Å². The molecule has 1 aromatic rings. The Morgan fingerprint density at radius 3 is 2.71 bits per heavy atom. The molecule has 0 fully saturated rings. The smallest absolute Gasteiger partial charge is 0.246 e. The Bertz CT molecular complexity index is 671. The maximum Gasteiger partial charge on any atom is 0.246 e. The van der Waals surface area contributed by atoms with E-state index < -0.39 is 15.8 Å². The summed E-state index contributed by atoms with van der Waals surface area (Å²) in [5.74, 6) is -0.740. The molecule has 0 atom stereocenters. The Labute approximate surface area is 124 Å². The minimum absolute atomic E-state index is 0.217. The number of aryl methyl sites for hydroxylation is 1. The molecule has 2 N–H and O–H groups in total. The third kappa shape index (κ3) is 3.25. The Hall–Kier alpha value is -1.44. The molecule has 0 spiro atoms. The summed E-state index contributed by atoms with van der Waals surface area (Å²) < 4.78 is 45.5. The van der Waals surface area contributed by atoms with Gasteiger partial charge in [0.05, 0.1) is 6.61 Å². The van der Waals surface area contributed by atoms with Gasteiger partial charge < -0.3 is 10.5 Å². The largest absolute Gasteiger partial charge is 0.399 e. The van der Waals surface area contributed by atoms with Gasteiger partial charge in [-0.15, -0.1) is 0 Å². The van der Waals surface area contributed by atoms with Crippen LogP contribution in [0.5, 0.6) is 0 Å². The molecule has 5 nitrogen and oxygen atoms in total. The van der Waals surface area contributed by atoms with Gasteiger partial charge in [-0.2, -0.15) is 4.31 Å². The van der Waals surface area contributed by atoms with Crippen molar-refractivity contribution in [3.8, 4) is 0 Å². The van der Waals surface area contributed by atoms with Gasteiger partial charge in [-0.25, -0.2) is 12.8 Å². The zero-order chi connectivity index (χ0) is 15.6. The lowest BCUT2D eigenvalue weighted by Gasteiger charge is -2.26. The molecule has 116 valence electrons. The van der Waals surface area contributed by atoms with Crippen LogP contribution >= 0.6 is 0 Å². The zero-order valence-electron chi connectivity index (χ0n) is 12.1. The fourth-order valence-electron chi connectivity index (χ4n) is 2.32. The Balaban J connectivity index is 2.32. The average Bonchev–Trinajstić information content (AvgIpc) is 2.43. The third-order valence-electron chi connectivity index (χ3n) is 3.46. The molecule has 0 amide bonds. The maximum absolute atomic E-state index is 14.1. The van der Waals surface area contributed by atoms with E-state index in [-0.39, 0.29) is 22.7 Å². The number of ether oxygens (including phenoxy) is 1. The number of sulfonamides is 1. The van der Waals surface area contributed by atoms with Crippen molar-refractivity contribution < 1.29 is 17.5 Å². The van der Waals surface area contributed by atoms with Crippen molar-refractivity contribution in [1.29, 1.82) is 0 Å². The van der Waals surface area contributed by atoms with Crippen LogP contribution in [0.3, 0.4) is 0 Å². The Kier molecular flexibility index (Phi) is 4.65. The van der Waals surface area contributed by atoms with Crippen LogP contribution in [-0.2, 0) is 14.8 Å². The molecule has 7 heteroatoms. The highest BCUT2D eigenvalue weighted by Gasteiger charge is 2.29. The number of benzene rings is 1. The van der Waals surface area contributed by atoms with Crippen molar-refractivity contribution in [2.24, 2.45) is 0 Å². The molecular weight excluding hydrogens is 295 g/mol. The van der Waals surface area contributed by atoms with E-state index in [0.717, 1.165) is 5.57 Å². The summed E-state index contributed by atoms with van der Waals surface area (Å²) in [7, 11) is -2.29. The number of nitrogens with two attached hydrogens (primary N) is 1. The lowest BCUT2D eigenvalue weighted by molar-refractivity contribution is 0.219. The predicted molar refractivity (Wildman–Crippen MR) is 78.9 cm³/mol. The number of nitrogens with zero attached hydrogens (tertiary/aromatic N) is 1. The highest BCUT2D eigenvalue weighted by Crippen LogP contribution is 2.26. The Morgan fingerprint density at radius 2 is 2.14 bits per heavy atom. The first-order valence-electron chi connectivity index (χ1n) is 6.59. The summed E-state index contributed by atoms with van der Waals surface area (Å²) in [6, 6.07) is 2.59. The first kappa shape index (κ1) is 15.9. The summed E-state index contributed by atoms with van der Waals surface area (Å²) >= 11 is 0. The van der Waals surface area contributed by atoms with Crippen molar-refractivity contribution in [1.82, 2.24) is 4.31 Å². The average molecular weight is 314 g/mol. The molecule has 1 aliphatic heterocycles. The van der Waals surface area contributed by atoms with E-state index in [1.54, 1.807) is 7.11 Å². The van der Waals surface area contributed by atoms with Crippen molar-refractivity contribution in [2.75, 3.05) is 32.5 Å². The molecule has 1 aromatic carbocycles. The van der Waals surface area contributed by atoms with Crippen molar-refractivity contribution in [3.63, 3.8) is 0 Å². The van der Waals surface area contributed by atoms with E-state index >= 15 is 0 Å². The van der Waals surface area contributed by atoms with Gasteiger partial charge in [-0.3, -0.25) is 0 Å². The van der Waals surface area contributed by atoms with Crippen molar-refractivity contribution in [3.05, 3.63) is 35.2 Å². The second-order valence-corrected chi connectivity index (χ2v) is 6.96. The van der Waals surface area contributed by atoms with Crippen molar-refractivity contribution >= 4 is 15.7 Å². The number of rotatable bonds is 4. The van der Waals surface area contributed by atoms with Crippen LogP contribution < -0.4 is 5.73 Å². The molecule has 0 aliphatic carbocycles. The minimum Gasteiger partial charge on any atom is -0.399 e. The highest BCUT2D eigenvalue weighted by atomic mass is 32.2. The molecule has 1 heterocycles. The van der Waals surface area contributed by atoms with Gasteiger partial charge in [-0.1, -0.05) is 6.08 Å². The first-order valence-corrected chi connectivity index (χ1v) is 8.03. The fourth-order valence-corrected chi connectivity index (χ4v) is 3.87. The summed E-state index contributed by atoms with van der Waals surface area (Å²) in [4.78, 5) is -0.358. The number of hydrogen-bond donors (Lipinski definition) is 1. The van der Waals surface area contributed by atoms with Gasteiger partial charge in [-0.05, 0) is 36.6 Å². The lowest BCUT2D eigenvalue weighted by Crippen LogP contribution is -2.36. The number of methoxy groups -OCH3 is 1. The SMILES string of the molecule is COCC1=CCN(S(=O)(=O)c2cc(N)cc(C)c2F)CC1. The Morgan fingerprint density at radius 1 is 1.43 bits per heavy atom. The fraction of sp³-hybridized carbons (Fsp3) is 0.429. The molecule has 2 rings (SSSR count). The van der Waals surface area contributed by atoms with Crippen LogP contribution in [-0.4, -0.2) is 39.5 Å². The van der Waals surface area contributed by atoms with Gasteiger partial charge in [0.15, 0.2) is 0 Å². The quantitative estimate of drug-likeness (QED) is 0.678. The summed E-state index contributed by atoms with van der Waals surface area (Å²) in [6.07, 6.45) is 2.39. The molecule has 0 radical (unpaired) electrons. The van der Waals surface area contributed by atoms with E-state index in [9.17, 15) is 12.8 Å². The van der Waals surface area contributed by atoms with Crippen LogP contribution in [0.1, 0.15) is 12.0 Å². The van der Waals surface area contributed by atoms with Gasteiger partial charge >= 0.3 is 0 Å². The summed E-state index contributed by atoms with van der Waals surface area (Å²) in [5, 5.41) is 0. The molecule has 0 aromatic heterocycles.